The molecule has 0 spiro atoms. The Morgan fingerprint density at radius 3 is 2.29 bits per heavy atom. The molecule has 0 aliphatic carbocycles. The second-order valence-corrected chi connectivity index (χ2v) is 8.52. The SMILES string of the molecule is CCS(=O)(=O)CCCC(CNC(C)C)c1ccc(C)cc1. The Balaban J connectivity index is 2.66. The van der Waals surface area contributed by atoms with Gasteiger partial charge < -0.3 is 5.32 Å². The highest BCUT2D eigenvalue weighted by Crippen LogP contribution is 2.22. The van der Waals surface area contributed by atoms with E-state index in [1.807, 2.05) is 0 Å². The van der Waals surface area contributed by atoms with Gasteiger partial charge in [-0.3, -0.25) is 0 Å². The number of hydrogen-bond donors (Lipinski definition) is 1. The maximum atomic E-state index is 11.6. The van der Waals surface area contributed by atoms with E-state index in [2.05, 4.69) is 50.4 Å². The number of aryl methyl sites for hydroxylation is 1. The van der Waals surface area contributed by atoms with E-state index in [1.54, 1.807) is 6.92 Å². The van der Waals surface area contributed by atoms with Crippen LogP contribution in [0.5, 0.6) is 0 Å². The lowest BCUT2D eigenvalue weighted by Gasteiger charge is -2.20. The Kier molecular flexibility index (Phi) is 7.40. The Hall–Kier alpha value is -0.870. The van der Waals surface area contributed by atoms with Crippen LogP contribution in [-0.2, 0) is 9.84 Å². The molecule has 1 rings (SSSR count). The number of benzene rings is 1. The first-order chi connectivity index (χ1) is 9.84. The first-order valence-corrected chi connectivity index (χ1v) is 9.66. The summed E-state index contributed by atoms with van der Waals surface area (Å²) in [5, 5.41) is 3.47. The third-order valence-electron chi connectivity index (χ3n) is 3.77. The average Bonchev–Trinajstić information content (AvgIpc) is 2.43. The molecule has 1 aromatic rings. The molecule has 1 aromatic carbocycles. The molecule has 1 unspecified atom stereocenters. The van der Waals surface area contributed by atoms with Crippen LogP contribution in [0.25, 0.3) is 0 Å². The van der Waals surface area contributed by atoms with E-state index >= 15 is 0 Å². The van der Waals surface area contributed by atoms with Crippen LogP contribution >= 0.6 is 0 Å². The molecule has 3 nitrogen and oxygen atoms in total. The fourth-order valence-corrected chi connectivity index (χ4v) is 3.19. The van der Waals surface area contributed by atoms with Crippen LogP contribution < -0.4 is 5.32 Å². The number of sulfone groups is 1. The molecule has 0 heterocycles. The molecule has 21 heavy (non-hydrogen) atoms. The lowest BCUT2D eigenvalue weighted by molar-refractivity contribution is 0.503. The van der Waals surface area contributed by atoms with Crippen LogP contribution in [0.15, 0.2) is 24.3 Å². The highest BCUT2D eigenvalue weighted by molar-refractivity contribution is 7.91. The van der Waals surface area contributed by atoms with Gasteiger partial charge in [-0.15, -0.1) is 0 Å². The minimum absolute atomic E-state index is 0.243. The summed E-state index contributed by atoms with van der Waals surface area (Å²) >= 11 is 0. The zero-order valence-electron chi connectivity index (χ0n) is 13.7. The molecule has 0 fully saturated rings. The normalized spacial score (nSPS) is 13.6. The van der Waals surface area contributed by atoms with Gasteiger partial charge in [-0.05, 0) is 31.2 Å². The van der Waals surface area contributed by atoms with Crippen LogP contribution in [0.3, 0.4) is 0 Å². The summed E-state index contributed by atoms with van der Waals surface area (Å²) in [6, 6.07) is 9.02. The monoisotopic (exact) mass is 311 g/mol. The first-order valence-electron chi connectivity index (χ1n) is 7.84. The van der Waals surface area contributed by atoms with Gasteiger partial charge in [0.2, 0.25) is 0 Å². The van der Waals surface area contributed by atoms with E-state index in [-0.39, 0.29) is 5.75 Å². The van der Waals surface area contributed by atoms with Crippen LogP contribution in [-0.4, -0.2) is 32.5 Å². The average molecular weight is 311 g/mol. The summed E-state index contributed by atoms with van der Waals surface area (Å²) in [7, 11) is -2.86. The van der Waals surface area contributed by atoms with E-state index in [9.17, 15) is 8.42 Å². The smallest absolute Gasteiger partial charge is 0.150 e. The van der Waals surface area contributed by atoms with Crippen molar-refractivity contribution in [2.24, 2.45) is 0 Å². The summed E-state index contributed by atoms with van der Waals surface area (Å²) in [5.74, 6) is 0.917. The lowest BCUT2D eigenvalue weighted by Crippen LogP contribution is -2.28. The minimum atomic E-state index is -2.86. The van der Waals surface area contributed by atoms with Gasteiger partial charge in [0.15, 0.2) is 0 Å². The molecule has 4 heteroatoms. The van der Waals surface area contributed by atoms with Gasteiger partial charge in [0, 0.05) is 18.3 Å². The summed E-state index contributed by atoms with van der Waals surface area (Å²) in [5.41, 5.74) is 2.55. The van der Waals surface area contributed by atoms with Gasteiger partial charge >= 0.3 is 0 Å². The molecule has 1 N–H and O–H groups in total. The summed E-state index contributed by atoms with van der Waals surface area (Å²) in [6.07, 6.45) is 1.64. The zero-order chi connectivity index (χ0) is 15.9. The fraction of sp³-hybridized carbons (Fsp3) is 0.647. The number of hydrogen-bond acceptors (Lipinski definition) is 3. The molecule has 0 amide bonds. The van der Waals surface area contributed by atoms with E-state index < -0.39 is 9.84 Å². The van der Waals surface area contributed by atoms with Crippen LogP contribution in [0.1, 0.15) is 50.7 Å². The van der Waals surface area contributed by atoms with E-state index in [0.29, 0.717) is 17.7 Å². The van der Waals surface area contributed by atoms with E-state index in [0.717, 1.165) is 19.4 Å². The standard InChI is InChI=1S/C17H29NO2S/c1-5-21(19,20)12-6-7-17(13-18-14(2)3)16-10-8-15(4)9-11-16/h8-11,14,17-18H,5-7,12-13H2,1-4H3. The van der Waals surface area contributed by atoms with Crippen LogP contribution in [0, 0.1) is 6.92 Å². The molecule has 0 saturated heterocycles. The van der Waals surface area contributed by atoms with Crippen molar-refractivity contribution >= 4 is 9.84 Å². The topological polar surface area (TPSA) is 46.2 Å². The molecular formula is C17H29NO2S. The van der Waals surface area contributed by atoms with Crippen LogP contribution in [0.2, 0.25) is 0 Å². The van der Waals surface area contributed by atoms with Crippen molar-refractivity contribution in [2.75, 3.05) is 18.1 Å². The van der Waals surface area contributed by atoms with Gasteiger partial charge in [0.1, 0.15) is 9.84 Å². The maximum absolute atomic E-state index is 11.6. The molecule has 1 atom stereocenters. The van der Waals surface area contributed by atoms with E-state index in [4.69, 9.17) is 0 Å². The molecular weight excluding hydrogens is 282 g/mol. The summed E-state index contributed by atoms with van der Waals surface area (Å²) in [4.78, 5) is 0. The van der Waals surface area contributed by atoms with E-state index in [1.165, 1.54) is 11.1 Å². The zero-order valence-corrected chi connectivity index (χ0v) is 14.5. The molecule has 0 bridgehead atoms. The highest BCUT2D eigenvalue weighted by Gasteiger charge is 2.14. The Bertz CT molecular complexity index is 506. The second-order valence-electron chi connectivity index (χ2n) is 6.05. The maximum Gasteiger partial charge on any atom is 0.150 e. The summed E-state index contributed by atoms with van der Waals surface area (Å²) in [6.45, 7) is 8.96. The predicted octanol–water partition coefficient (Wildman–Crippen LogP) is 3.29. The number of rotatable bonds is 9. The third-order valence-corrected chi connectivity index (χ3v) is 5.56. The molecule has 0 aliphatic heterocycles. The van der Waals surface area contributed by atoms with Gasteiger partial charge in [0.25, 0.3) is 0 Å². The Morgan fingerprint density at radius 2 is 1.76 bits per heavy atom. The van der Waals surface area contributed by atoms with Gasteiger partial charge in [-0.2, -0.15) is 0 Å². The first kappa shape index (κ1) is 18.2. The van der Waals surface area contributed by atoms with Crippen molar-refractivity contribution in [1.82, 2.24) is 5.32 Å². The minimum Gasteiger partial charge on any atom is -0.314 e. The molecule has 0 saturated carbocycles. The van der Waals surface area contributed by atoms with Crippen molar-refractivity contribution in [3.8, 4) is 0 Å². The van der Waals surface area contributed by atoms with Crippen molar-refractivity contribution in [3.63, 3.8) is 0 Å². The number of nitrogens with one attached hydrogen (secondary N) is 1. The summed E-state index contributed by atoms with van der Waals surface area (Å²) < 4.78 is 23.2. The quantitative estimate of drug-likeness (QED) is 0.761. The molecule has 120 valence electrons. The van der Waals surface area contributed by atoms with Crippen molar-refractivity contribution in [2.45, 2.75) is 52.5 Å². The fourth-order valence-electron chi connectivity index (χ4n) is 2.30. The molecule has 0 aliphatic rings. The van der Waals surface area contributed by atoms with Gasteiger partial charge in [-0.25, -0.2) is 8.42 Å². The third kappa shape index (κ3) is 7.09. The van der Waals surface area contributed by atoms with Gasteiger partial charge in [-0.1, -0.05) is 50.6 Å². The predicted molar refractivity (Wildman–Crippen MR) is 90.6 cm³/mol. The lowest BCUT2D eigenvalue weighted by atomic mass is 9.93. The highest BCUT2D eigenvalue weighted by atomic mass is 32.2. The largest absolute Gasteiger partial charge is 0.314 e. The van der Waals surface area contributed by atoms with Gasteiger partial charge in [0.05, 0.1) is 5.75 Å². The van der Waals surface area contributed by atoms with Crippen LogP contribution in [0.4, 0.5) is 0 Å². The van der Waals surface area contributed by atoms with Crippen molar-refractivity contribution in [1.29, 1.82) is 0 Å². The second kappa shape index (κ2) is 8.54. The van der Waals surface area contributed by atoms with Crippen molar-refractivity contribution < 1.29 is 8.42 Å². The molecule has 0 aromatic heterocycles. The Morgan fingerprint density at radius 1 is 1.14 bits per heavy atom. The molecule has 0 radical (unpaired) electrons. The van der Waals surface area contributed by atoms with Crippen molar-refractivity contribution in [3.05, 3.63) is 35.4 Å². The Labute approximate surface area is 130 Å².